The Bertz CT molecular complexity index is 672. The highest BCUT2D eigenvalue weighted by atomic mass is 35.5. The molecular weight excluding hydrogens is 304 g/mol. The predicted octanol–water partition coefficient (Wildman–Crippen LogP) is 1.82. The molecule has 2 aromatic heterocycles. The summed E-state index contributed by atoms with van der Waals surface area (Å²) in [6.07, 6.45) is 4.98. The first-order valence-corrected chi connectivity index (χ1v) is 7.71. The quantitative estimate of drug-likeness (QED) is 0.881. The van der Waals surface area contributed by atoms with Crippen LogP contribution in [0, 0.1) is 5.41 Å². The van der Waals surface area contributed by atoms with Crippen LogP contribution in [-0.4, -0.2) is 44.8 Å². The molecule has 1 saturated heterocycles. The summed E-state index contributed by atoms with van der Waals surface area (Å²) in [5.41, 5.74) is 0.197. The molecule has 2 aromatic rings. The Morgan fingerprint density at radius 1 is 1.50 bits per heavy atom. The lowest BCUT2D eigenvalue weighted by Crippen LogP contribution is -2.64. The number of hydrogen-bond acceptors (Lipinski definition) is 5. The highest BCUT2D eigenvalue weighted by Gasteiger charge is 2.45. The summed E-state index contributed by atoms with van der Waals surface area (Å²) in [6.45, 7) is 7.31. The van der Waals surface area contributed by atoms with Crippen molar-refractivity contribution in [3.05, 3.63) is 29.6 Å². The molecule has 0 radical (unpaired) electrons. The zero-order chi connectivity index (χ0) is 16.0. The molecule has 0 aromatic carbocycles. The van der Waals surface area contributed by atoms with E-state index in [4.69, 9.17) is 16.3 Å². The van der Waals surface area contributed by atoms with Crippen molar-refractivity contribution in [1.29, 1.82) is 0 Å². The molecule has 7 heteroatoms. The highest BCUT2D eigenvalue weighted by molar-refractivity contribution is 6.32. The van der Waals surface area contributed by atoms with Crippen LogP contribution >= 0.6 is 11.6 Å². The number of imidazole rings is 1. The van der Waals surface area contributed by atoms with Crippen LogP contribution in [0.2, 0.25) is 5.15 Å². The van der Waals surface area contributed by atoms with Crippen LogP contribution in [0.15, 0.2) is 18.6 Å². The lowest BCUT2D eigenvalue weighted by atomic mass is 9.73. The first-order chi connectivity index (χ1) is 10.4. The fourth-order valence-electron chi connectivity index (χ4n) is 2.78. The molecule has 1 aliphatic heterocycles. The molecule has 3 heterocycles. The molecule has 1 aliphatic rings. The molecule has 120 valence electrons. The summed E-state index contributed by atoms with van der Waals surface area (Å²) in [5, 5.41) is 13.7. The Labute approximate surface area is 134 Å². The van der Waals surface area contributed by atoms with Gasteiger partial charge >= 0.3 is 0 Å². The van der Waals surface area contributed by atoms with Gasteiger partial charge in [0.2, 0.25) is 0 Å². The number of halogens is 1. The number of aliphatic hydroxyl groups is 1. The van der Waals surface area contributed by atoms with Gasteiger partial charge in [-0.25, -0.2) is 9.97 Å². The van der Waals surface area contributed by atoms with Crippen molar-refractivity contribution in [3.63, 3.8) is 0 Å². The third-order valence-corrected chi connectivity index (χ3v) is 4.88. The average Bonchev–Trinajstić information content (AvgIpc) is 2.91. The van der Waals surface area contributed by atoms with Crippen LogP contribution in [-0.2, 0) is 4.74 Å². The van der Waals surface area contributed by atoms with Crippen molar-refractivity contribution in [2.24, 2.45) is 5.41 Å². The fourth-order valence-corrected chi connectivity index (χ4v) is 2.98. The monoisotopic (exact) mass is 324 g/mol. The van der Waals surface area contributed by atoms with Gasteiger partial charge < -0.3 is 15.2 Å². The van der Waals surface area contributed by atoms with Crippen molar-refractivity contribution in [2.75, 3.05) is 19.8 Å². The second kappa shape index (κ2) is 5.45. The standard InChI is InChI=1S/C15H21ClN4O2/c1-14(2,3)15(8-21)9-22-11(7-19-15)13-18-6-10-12(16)17-4-5-20(10)13/h4-6,11,19,21H,7-9H2,1-3H3/t11-,15-/m1/s1. The largest absolute Gasteiger partial charge is 0.394 e. The fraction of sp³-hybridized carbons (Fsp3) is 0.600. The zero-order valence-electron chi connectivity index (χ0n) is 13.0. The van der Waals surface area contributed by atoms with Crippen LogP contribution < -0.4 is 5.32 Å². The van der Waals surface area contributed by atoms with Gasteiger partial charge in [0.25, 0.3) is 0 Å². The number of ether oxygens (including phenoxy) is 1. The van der Waals surface area contributed by atoms with Gasteiger partial charge in [-0.1, -0.05) is 32.4 Å². The number of nitrogens with zero attached hydrogens (tertiary/aromatic N) is 3. The van der Waals surface area contributed by atoms with Gasteiger partial charge in [0.15, 0.2) is 5.15 Å². The number of nitrogens with one attached hydrogen (secondary N) is 1. The summed E-state index contributed by atoms with van der Waals surface area (Å²) < 4.78 is 7.93. The Kier molecular flexibility index (Phi) is 3.89. The molecule has 0 bridgehead atoms. The van der Waals surface area contributed by atoms with E-state index in [1.807, 2.05) is 10.6 Å². The van der Waals surface area contributed by atoms with E-state index < -0.39 is 5.54 Å². The maximum absolute atomic E-state index is 9.81. The third kappa shape index (κ3) is 2.40. The smallest absolute Gasteiger partial charge is 0.154 e. The number of aromatic nitrogens is 3. The molecule has 0 spiro atoms. The van der Waals surface area contributed by atoms with Crippen molar-refractivity contribution in [2.45, 2.75) is 32.4 Å². The van der Waals surface area contributed by atoms with E-state index in [2.05, 4.69) is 36.1 Å². The predicted molar refractivity (Wildman–Crippen MR) is 84.0 cm³/mol. The first kappa shape index (κ1) is 15.7. The normalized spacial score (nSPS) is 26.5. The third-order valence-electron chi connectivity index (χ3n) is 4.59. The molecule has 1 fully saturated rings. The number of rotatable bonds is 2. The van der Waals surface area contributed by atoms with Crippen LogP contribution in [0.25, 0.3) is 5.52 Å². The Hall–Kier alpha value is -1.21. The molecule has 0 saturated carbocycles. The van der Waals surface area contributed by atoms with E-state index in [1.165, 1.54) is 0 Å². The topological polar surface area (TPSA) is 71.7 Å². The molecule has 6 nitrogen and oxygen atoms in total. The molecule has 3 rings (SSSR count). The summed E-state index contributed by atoms with van der Waals surface area (Å²) in [7, 11) is 0. The van der Waals surface area contributed by atoms with Crippen molar-refractivity contribution < 1.29 is 9.84 Å². The summed E-state index contributed by atoms with van der Waals surface area (Å²) in [5.74, 6) is 0.784. The number of morpholine rings is 1. The minimum atomic E-state index is -0.449. The summed E-state index contributed by atoms with van der Waals surface area (Å²) in [6, 6.07) is 0. The van der Waals surface area contributed by atoms with Crippen LogP contribution in [0.1, 0.15) is 32.7 Å². The minimum absolute atomic E-state index is 0.0291. The second-order valence-corrected chi connectivity index (χ2v) is 7.12. The van der Waals surface area contributed by atoms with Crippen LogP contribution in [0.3, 0.4) is 0 Å². The highest BCUT2D eigenvalue weighted by Crippen LogP contribution is 2.35. The number of hydrogen-bond donors (Lipinski definition) is 2. The van der Waals surface area contributed by atoms with E-state index in [1.54, 1.807) is 12.4 Å². The average molecular weight is 325 g/mol. The maximum Gasteiger partial charge on any atom is 0.154 e. The summed E-state index contributed by atoms with van der Waals surface area (Å²) in [4.78, 5) is 8.48. The second-order valence-electron chi connectivity index (χ2n) is 6.76. The summed E-state index contributed by atoms with van der Waals surface area (Å²) >= 11 is 6.08. The van der Waals surface area contributed by atoms with Crippen molar-refractivity contribution >= 4 is 17.1 Å². The molecule has 2 N–H and O–H groups in total. The zero-order valence-corrected chi connectivity index (χ0v) is 13.8. The minimum Gasteiger partial charge on any atom is -0.394 e. The van der Waals surface area contributed by atoms with Crippen molar-refractivity contribution in [3.8, 4) is 0 Å². The van der Waals surface area contributed by atoms with Gasteiger partial charge in [-0.3, -0.25) is 4.40 Å². The van der Waals surface area contributed by atoms with Gasteiger partial charge in [0, 0.05) is 18.9 Å². The molecule has 0 unspecified atom stereocenters. The maximum atomic E-state index is 9.81. The molecule has 22 heavy (non-hydrogen) atoms. The van der Waals surface area contributed by atoms with Crippen LogP contribution in [0.5, 0.6) is 0 Å². The van der Waals surface area contributed by atoms with Crippen molar-refractivity contribution in [1.82, 2.24) is 19.7 Å². The van der Waals surface area contributed by atoms with Gasteiger partial charge in [-0.05, 0) is 5.41 Å². The van der Waals surface area contributed by atoms with E-state index in [0.717, 1.165) is 11.3 Å². The molecule has 0 amide bonds. The Balaban J connectivity index is 1.86. The Morgan fingerprint density at radius 2 is 2.27 bits per heavy atom. The lowest BCUT2D eigenvalue weighted by molar-refractivity contribution is -0.0946. The van der Waals surface area contributed by atoms with Gasteiger partial charge in [-0.2, -0.15) is 0 Å². The van der Waals surface area contributed by atoms with E-state index in [0.29, 0.717) is 18.3 Å². The molecule has 0 aliphatic carbocycles. The SMILES string of the molecule is CC(C)(C)[C@@]1(CO)CO[C@@H](c2ncc3c(Cl)nccn23)CN1. The number of fused-ring (bicyclic) bond motifs is 1. The van der Waals surface area contributed by atoms with Gasteiger partial charge in [-0.15, -0.1) is 0 Å². The molecule has 2 atom stereocenters. The van der Waals surface area contributed by atoms with Crippen LogP contribution in [0.4, 0.5) is 0 Å². The van der Waals surface area contributed by atoms with Gasteiger partial charge in [0.05, 0.1) is 24.9 Å². The lowest BCUT2D eigenvalue weighted by Gasteiger charge is -2.48. The van der Waals surface area contributed by atoms with E-state index in [-0.39, 0.29) is 18.1 Å². The van der Waals surface area contributed by atoms with E-state index in [9.17, 15) is 5.11 Å². The number of aliphatic hydroxyl groups excluding tert-OH is 1. The first-order valence-electron chi connectivity index (χ1n) is 7.33. The Morgan fingerprint density at radius 3 is 2.86 bits per heavy atom. The molecular formula is C15H21ClN4O2. The van der Waals surface area contributed by atoms with E-state index >= 15 is 0 Å². The van der Waals surface area contributed by atoms with Gasteiger partial charge in [0.1, 0.15) is 17.4 Å².